The molecule has 148 valence electrons. The molecule has 0 saturated carbocycles. The topological polar surface area (TPSA) is 42.3 Å². The van der Waals surface area contributed by atoms with E-state index in [1.54, 1.807) is 33.9 Å². The van der Waals surface area contributed by atoms with Crippen LogP contribution in [0.25, 0.3) is 0 Å². The predicted octanol–water partition coefficient (Wildman–Crippen LogP) is 4.33. The van der Waals surface area contributed by atoms with Crippen LogP contribution in [0.3, 0.4) is 0 Å². The van der Waals surface area contributed by atoms with Gasteiger partial charge in [0.15, 0.2) is 0 Å². The molecular formula is C24H23FN2O2. The molecule has 0 aliphatic carbocycles. The Morgan fingerprint density at radius 1 is 1.14 bits per heavy atom. The first-order valence-corrected chi connectivity index (χ1v) is 9.81. The van der Waals surface area contributed by atoms with Gasteiger partial charge in [-0.05, 0) is 73.7 Å². The van der Waals surface area contributed by atoms with Crippen LogP contribution in [0.5, 0.6) is 0 Å². The number of aromatic nitrogens is 1. The van der Waals surface area contributed by atoms with Crippen LogP contribution in [-0.2, 0) is 13.0 Å². The molecule has 1 amide bonds. The van der Waals surface area contributed by atoms with E-state index in [1.807, 2.05) is 38.1 Å². The third-order valence-corrected chi connectivity index (χ3v) is 5.64. The first-order chi connectivity index (χ1) is 14.0. The zero-order valence-corrected chi connectivity index (χ0v) is 16.6. The number of pyridine rings is 1. The Labute approximate surface area is 169 Å². The van der Waals surface area contributed by atoms with Crippen LogP contribution >= 0.6 is 0 Å². The molecule has 0 spiro atoms. The molecule has 2 heterocycles. The van der Waals surface area contributed by atoms with Gasteiger partial charge in [-0.25, -0.2) is 4.39 Å². The minimum absolute atomic E-state index is 0.0649. The number of nitrogens with zero attached hydrogens (tertiary/aromatic N) is 2. The highest BCUT2D eigenvalue weighted by atomic mass is 19.1. The Balaban J connectivity index is 1.72. The van der Waals surface area contributed by atoms with Crippen molar-refractivity contribution in [3.05, 3.63) is 99.2 Å². The number of rotatable bonds is 3. The summed E-state index contributed by atoms with van der Waals surface area (Å²) in [6, 6.07) is 15.6. The van der Waals surface area contributed by atoms with Gasteiger partial charge in [0.05, 0.1) is 6.54 Å². The minimum atomic E-state index is -0.339. The summed E-state index contributed by atoms with van der Waals surface area (Å²) < 4.78 is 15.2. The van der Waals surface area contributed by atoms with Crippen molar-refractivity contribution in [2.45, 2.75) is 39.3 Å². The van der Waals surface area contributed by atoms with Gasteiger partial charge in [0.1, 0.15) is 11.4 Å². The largest absolute Gasteiger partial charge is 0.310 e. The van der Waals surface area contributed by atoms with Gasteiger partial charge >= 0.3 is 0 Å². The fraction of sp³-hybridized carbons (Fsp3) is 0.250. The number of carbonyl (C=O) groups is 1. The lowest BCUT2D eigenvalue weighted by Gasteiger charge is -2.35. The second-order valence-corrected chi connectivity index (χ2v) is 7.62. The number of fused-ring (bicyclic) bond motifs is 1. The summed E-state index contributed by atoms with van der Waals surface area (Å²) in [5.41, 5.74) is 3.42. The highest BCUT2D eigenvalue weighted by Gasteiger charge is 2.30. The monoisotopic (exact) mass is 390 g/mol. The summed E-state index contributed by atoms with van der Waals surface area (Å²) in [5.74, 6) is -0.653. The van der Waals surface area contributed by atoms with E-state index in [1.165, 1.54) is 12.1 Å². The molecule has 0 bridgehead atoms. The zero-order valence-electron chi connectivity index (χ0n) is 16.6. The van der Waals surface area contributed by atoms with E-state index in [4.69, 9.17) is 0 Å². The second kappa shape index (κ2) is 7.66. The number of carbonyl (C=O) groups excluding carboxylic acids is 1. The molecule has 0 fully saturated rings. The van der Waals surface area contributed by atoms with Gasteiger partial charge in [0.25, 0.3) is 11.5 Å². The smallest absolute Gasteiger partial charge is 0.264 e. The number of halogens is 1. The van der Waals surface area contributed by atoms with Crippen LogP contribution in [0.4, 0.5) is 10.1 Å². The number of amides is 1. The molecule has 2 aromatic carbocycles. The normalized spacial score (nSPS) is 15.8. The number of aryl methyl sites for hydroxylation is 2. The van der Waals surface area contributed by atoms with Crippen LogP contribution in [0, 0.1) is 12.7 Å². The molecule has 1 aliphatic rings. The SMILES string of the molecule is Cc1ccccc1Cn1cccc(C(=O)N2c3ccc(F)cc3CC[C@@H]2C)c1=O. The summed E-state index contributed by atoms with van der Waals surface area (Å²) >= 11 is 0. The van der Waals surface area contributed by atoms with E-state index >= 15 is 0 Å². The van der Waals surface area contributed by atoms with Crippen LogP contribution in [-0.4, -0.2) is 16.5 Å². The van der Waals surface area contributed by atoms with Crippen molar-refractivity contribution in [3.63, 3.8) is 0 Å². The lowest BCUT2D eigenvalue weighted by Crippen LogP contribution is -2.44. The van der Waals surface area contributed by atoms with Crippen molar-refractivity contribution in [2.24, 2.45) is 0 Å². The quantitative estimate of drug-likeness (QED) is 0.668. The summed E-state index contributed by atoms with van der Waals surface area (Å²) in [6.45, 7) is 4.36. The molecule has 3 aromatic rings. The van der Waals surface area contributed by atoms with E-state index in [0.29, 0.717) is 18.7 Å². The van der Waals surface area contributed by atoms with Gasteiger partial charge in [-0.2, -0.15) is 0 Å². The fourth-order valence-corrected chi connectivity index (χ4v) is 3.95. The molecule has 4 rings (SSSR count). The van der Waals surface area contributed by atoms with Gasteiger partial charge < -0.3 is 9.47 Å². The van der Waals surface area contributed by atoms with Crippen molar-refractivity contribution in [3.8, 4) is 0 Å². The van der Waals surface area contributed by atoms with E-state index in [9.17, 15) is 14.0 Å². The lowest BCUT2D eigenvalue weighted by molar-refractivity contribution is 0.0973. The van der Waals surface area contributed by atoms with Gasteiger partial charge in [0, 0.05) is 17.9 Å². The Morgan fingerprint density at radius 3 is 2.72 bits per heavy atom. The number of hydrogen-bond acceptors (Lipinski definition) is 2. The fourth-order valence-electron chi connectivity index (χ4n) is 3.95. The number of hydrogen-bond donors (Lipinski definition) is 0. The highest BCUT2D eigenvalue weighted by Crippen LogP contribution is 2.32. The summed E-state index contributed by atoms with van der Waals surface area (Å²) in [7, 11) is 0. The van der Waals surface area contributed by atoms with Crippen molar-refractivity contribution in [2.75, 3.05) is 4.90 Å². The van der Waals surface area contributed by atoms with Crippen molar-refractivity contribution >= 4 is 11.6 Å². The maximum absolute atomic E-state index is 13.6. The average Bonchev–Trinajstić information content (AvgIpc) is 2.71. The Morgan fingerprint density at radius 2 is 1.93 bits per heavy atom. The van der Waals surface area contributed by atoms with E-state index in [0.717, 1.165) is 23.1 Å². The average molecular weight is 390 g/mol. The van der Waals surface area contributed by atoms with E-state index in [-0.39, 0.29) is 28.9 Å². The summed E-state index contributed by atoms with van der Waals surface area (Å²) in [5, 5.41) is 0. The van der Waals surface area contributed by atoms with E-state index < -0.39 is 0 Å². The molecule has 0 unspecified atom stereocenters. The van der Waals surface area contributed by atoms with Crippen molar-refractivity contribution in [1.29, 1.82) is 0 Å². The number of benzene rings is 2. The Hall–Kier alpha value is -3.21. The first kappa shape index (κ1) is 19.1. The minimum Gasteiger partial charge on any atom is -0.310 e. The van der Waals surface area contributed by atoms with Gasteiger partial charge in [0.2, 0.25) is 0 Å². The lowest BCUT2D eigenvalue weighted by atomic mass is 9.95. The second-order valence-electron chi connectivity index (χ2n) is 7.62. The zero-order chi connectivity index (χ0) is 20.5. The molecule has 0 saturated heterocycles. The standard InChI is InChI=1S/C24H23FN2O2/c1-16-6-3-4-7-19(16)15-26-13-5-8-21(23(26)28)24(29)27-17(2)9-10-18-14-20(25)11-12-22(18)27/h3-8,11-14,17H,9-10,15H2,1-2H3/t17-/m0/s1. The molecule has 0 N–H and O–H groups in total. The van der Waals surface area contributed by atoms with Gasteiger partial charge in [-0.1, -0.05) is 24.3 Å². The third kappa shape index (κ3) is 3.60. The van der Waals surface area contributed by atoms with Crippen LogP contribution in [0.15, 0.2) is 65.6 Å². The van der Waals surface area contributed by atoms with Gasteiger partial charge in [-0.15, -0.1) is 0 Å². The molecule has 1 aromatic heterocycles. The maximum Gasteiger partial charge on any atom is 0.264 e. The van der Waals surface area contributed by atoms with Crippen LogP contribution in [0.1, 0.15) is 40.4 Å². The molecule has 4 nitrogen and oxygen atoms in total. The molecular weight excluding hydrogens is 367 g/mol. The highest BCUT2D eigenvalue weighted by molar-refractivity contribution is 6.06. The van der Waals surface area contributed by atoms with E-state index in [2.05, 4.69) is 0 Å². The molecule has 29 heavy (non-hydrogen) atoms. The Kier molecular flexibility index (Phi) is 5.05. The van der Waals surface area contributed by atoms with Crippen LogP contribution < -0.4 is 10.5 Å². The van der Waals surface area contributed by atoms with Gasteiger partial charge in [-0.3, -0.25) is 9.59 Å². The Bertz CT molecular complexity index is 1140. The summed E-state index contributed by atoms with van der Waals surface area (Å²) in [4.78, 5) is 28.1. The maximum atomic E-state index is 13.6. The third-order valence-electron chi connectivity index (χ3n) is 5.64. The number of anilines is 1. The molecule has 5 heteroatoms. The van der Waals surface area contributed by atoms with Crippen LogP contribution in [0.2, 0.25) is 0 Å². The molecule has 0 radical (unpaired) electrons. The first-order valence-electron chi connectivity index (χ1n) is 9.81. The molecule has 1 atom stereocenters. The summed E-state index contributed by atoms with van der Waals surface area (Å²) in [6.07, 6.45) is 3.14. The predicted molar refractivity (Wildman–Crippen MR) is 112 cm³/mol. The van der Waals surface area contributed by atoms with Crippen molar-refractivity contribution < 1.29 is 9.18 Å². The van der Waals surface area contributed by atoms with Crippen molar-refractivity contribution in [1.82, 2.24) is 4.57 Å². The molecule has 1 aliphatic heterocycles.